The Morgan fingerprint density at radius 3 is 2.73 bits per heavy atom. The van der Waals surface area contributed by atoms with Crippen LogP contribution in [0.15, 0.2) is 12.4 Å². The summed E-state index contributed by atoms with van der Waals surface area (Å²) in [5.41, 5.74) is 1.10. The van der Waals surface area contributed by atoms with E-state index in [4.69, 9.17) is 0 Å². The third-order valence-electron chi connectivity index (χ3n) is 4.46. The summed E-state index contributed by atoms with van der Waals surface area (Å²) in [6.07, 6.45) is 5.03. The fraction of sp³-hybridized carbons (Fsp3) is 0.750. The van der Waals surface area contributed by atoms with Gasteiger partial charge in [-0.05, 0) is 34.4 Å². The zero-order valence-corrected chi connectivity index (χ0v) is 14.3. The largest absolute Gasteiger partial charge is 0.337 e. The fourth-order valence-corrected chi connectivity index (χ4v) is 2.93. The van der Waals surface area contributed by atoms with Gasteiger partial charge in [0.05, 0.1) is 12.7 Å². The molecule has 6 nitrogen and oxygen atoms in total. The van der Waals surface area contributed by atoms with Crippen LogP contribution in [-0.4, -0.2) is 76.7 Å². The average Bonchev–Trinajstić information content (AvgIpc) is 3.13. The van der Waals surface area contributed by atoms with Gasteiger partial charge in [0.1, 0.15) is 0 Å². The third kappa shape index (κ3) is 4.30. The molecule has 0 aromatic carbocycles. The predicted octanol–water partition coefficient (Wildman–Crippen LogP) is 0.887. The van der Waals surface area contributed by atoms with Gasteiger partial charge in [0, 0.05) is 50.5 Å². The van der Waals surface area contributed by atoms with Gasteiger partial charge >= 0.3 is 0 Å². The maximum atomic E-state index is 12.5. The zero-order chi connectivity index (χ0) is 16.1. The lowest BCUT2D eigenvalue weighted by atomic mass is 10.2. The third-order valence-corrected chi connectivity index (χ3v) is 4.46. The smallest absolute Gasteiger partial charge is 0.237 e. The lowest BCUT2D eigenvalue weighted by Gasteiger charge is -2.24. The molecule has 0 unspecified atom stereocenters. The van der Waals surface area contributed by atoms with Gasteiger partial charge in [-0.3, -0.25) is 14.4 Å². The van der Waals surface area contributed by atoms with Crippen LogP contribution in [0.1, 0.15) is 25.8 Å². The van der Waals surface area contributed by atoms with E-state index < -0.39 is 0 Å². The Balaban J connectivity index is 1.86. The van der Waals surface area contributed by atoms with Crippen molar-refractivity contribution in [2.24, 2.45) is 0 Å². The first-order valence-corrected chi connectivity index (χ1v) is 8.21. The SMILES string of the molecule is CCN(Cc1cnn(CC)c1)C(=O)CN1CC[C@@H](N(C)C)C1. The molecule has 1 saturated heterocycles. The molecule has 22 heavy (non-hydrogen) atoms. The summed E-state index contributed by atoms with van der Waals surface area (Å²) in [4.78, 5) is 19.0. The van der Waals surface area contributed by atoms with Crippen LogP contribution in [0.4, 0.5) is 0 Å². The van der Waals surface area contributed by atoms with Crippen molar-refractivity contribution in [1.82, 2.24) is 24.5 Å². The molecule has 1 aromatic heterocycles. The molecule has 1 fully saturated rings. The number of hydrogen-bond acceptors (Lipinski definition) is 4. The summed E-state index contributed by atoms with van der Waals surface area (Å²) in [5.74, 6) is 0.214. The highest BCUT2D eigenvalue weighted by Gasteiger charge is 2.26. The average molecular weight is 307 g/mol. The Morgan fingerprint density at radius 2 is 2.18 bits per heavy atom. The lowest BCUT2D eigenvalue weighted by molar-refractivity contribution is -0.132. The Labute approximate surface area is 133 Å². The van der Waals surface area contributed by atoms with Crippen molar-refractivity contribution in [3.05, 3.63) is 18.0 Å². The number of amides is 1. The van der Waals surface area contributed by atoms with Crippen LogP contribution in [0.25, 0.3) is 0 Å². The molecule has 0 bridgehead atoms. The number of nitrogens with zero attached hydrogens (tertiary/aromatic N) is 5. The maximum absolute atomic E-state index is 12.5. The minimum Gasteiger partial charge on any atom is -0.337 e. The first-order valence-electron chi connectivity index (χ1n) is 8.21. The highest BCUT2D eigenvalue weighted by molar-refractivity contribution is 5.78. The second-order valence-corrected chi connectivity index (χ2v) is 6.25. The first kappa shape index (κ1) is 17.0. The standard InChI is InChI=1S/C16H29N5O/c1-5-20(10-14-9-17-21(6-2)11-14)16(22)13-19-8-7-15(12-19)18(3)4/h9,11,15H,5-8,10,12-13H2,1-4H3/t15-/m1/s1. The molecule has 0 spiro atoms. The Kier molecular flexibility index (Phi) is 5.97. The Bertz CT molecular complexity index is 485. The quantitative estimate of drug-likeness (QED) is 0.750. The van der Waals surface area contributed by atoms with E-state index in [1.54, 1.807) is 0 Å². The minimum absolute atomic E-state index is 0.214. The van der Waals surface area contributed by atoms with Crippen molar-refractivity contribution in [1.29, 1.82) is 0 Å². The van der Waals surface area contributed by atoms with Gasteiger partial charge in [0.2, 0.25) is 5.91 Å². The summed E-state index contributed by atoms with van der Waals surface area (Å²) < 4.78 is 1.90. The van der Waals surface area contributed by atoms with Crippen LogP contribution >= 0.6 is 0 Å². The molecule has 0 saturated carbocycles. The summed E-state index contributed by atoms with van der Waals surface area (Å²) in [5, 5.41) is 4.28. The highest BCUT2D eigenvalue weighted by atomic mass is 16.2. The van der Waals surface area contributed by atoms with E-state index in [0.29, 0.717) is 19.1 Å². The number of aryl methyl sites for hydroxylation is 1. The number of hydrogen-bond donors (Lipinski definition) is 0. The van der Waals surface area contributed by atoms with Gasteiger partial charge in [0.25, 0.3) is 0 Å². The number of likely N-dealkylation sites (tertiary alicyclic amines) is 1. The van der Waals surface area contributed by atoms with Crippen molar-refractivity contribution in [2.45, 2.75) is 39.4 Å². The van der Waals surface area contributed by atoms with Crippen LogP contribution in [0.3, 0.4) is 0 Å². The number of rotatable bonds is 7. The molecule has 1 aromatic rings. The molecule has 6 heteroatoms. The van der Waals surface area contributed by atoms with E-state index in [-0.39, 0.29) is 5.91 Å². The van der Waals surface area contributed by atoms with Crippen molar-refractivity contribution in [3.8, 4) is 0 Å². The molecular weight excluding hydrogens is 278 g/mol. The molecule has 2 rings (SSSR count). The van der Waals surface area contributed by atoms with E-state index in [2.05, 4.69) is 35.9 Å². The van der Waals surface area contributed by atoms with Gasteiger partial charge in [-0.25, -0.2) is 0 Å². The topological polar surface area (TPSA) is 44.6 Å². The Hall–Kier alpha value is -1.40. The van der Waals surface area contributed by atoms with Crippen molar-refractivity contribution in [2.75, 3.05) is 40.3 Å². The van der Waals surface area contributed by atoms with Crippen molar-refractivity contribution >= 4 is 5.91 Å². The zero-order valence-electron chi connectivity index (χ0n) is 14.3. The van der Waals surface area contributed by atoms with Crippen LogP contribution in [0.2, 0.25) is 0 Å². The van der Waals surface area contributed by atoms with Gasteiger partial charge in [-0.15, -0.1) is 0 Å². The highest BCUT2D eigenvalue weighted by Crippen LogP contribution is 2.13. The van der Waals surface area contributed by atoms with Crippen molar-refractivity contribution < 1.29 is 4.79 Å². The summed E-state index contributed by atoms with van der Waals surface area (Å²) in [6.45, 7) is 8.88. The second kappa shape index (κ2) is 7.74. The first-order chi connectivity index (χ1) is 10.5. The fourth-order valence-electron chi connectivity index (χ4n) is 2.93. The number of carbonyl (C=O) groups excluding carboxylic acids is 1. The van der Waals surface area contributed by atoms with Gasteiger partial charge in [-0.1, -0.05) is 0 Å². The minimum atomic E-state index is 0.214. The number of aromatic nitrogens is 2. The number of carbonyl (C=O) groups is 1. The van der Waals surface area contributed by atoms with Gasteiger partial charge in [0.15, 0.2) is 0 Å². The summed E-state index contributed by atoms with van der Waals surface area (Å²) in [7, 11) is 4.22. The molecule has 1 aliphatic rings. The summed E-state index contributed by atoms with van der Waals surface area (Å²) in [6, 6.07) is 0.575. The molecule has 0 radical (unpaired) electrons. The molecule has 1 amide bonds. The van der Waals surface area contributed by atoms with Gasteiger partial charge in [-0.2, -0.15) is 5.10 Å². The van der Waals surface area contributed by atoms with E-state index in [9.17, 15) is 4.79 Å². The van der Waals surface area contributed by atoms with Crippen LogP contribution in [-0.2, 0) is 17.9 Å². The monoisotopic (exact) mass is 307 g/mol. The molecular formula is C16H29N5O. The Morgan fingerprint density at radius 1 is 1.41 bits per heavy atom. The van der Waals surface area contributed by atoms with E-state index in [1.165, 1.54) is 0 Å². The van der Waals surface area contributed by atoms with Crippen molar-refractivity contribution in [3.63, 3.8) is 0 Å². The van der Waals surface area contributed by atoms with E-state index >= 15 is 0 Å². The normalized spacial score (nSPS) is 19.0. The molecule has 1 atom stereocenters. The molecule has 0 aliphatic carbocycles. The number of likely N-dealkylation sites (N-methyl/N-ethyl adjacent to an activating group) is 2. The maximum Gasteiger partial charge on any atom is 0.237 e. The van der Waals surface area contributed by atoms with Crippen LogP contribution < -0.4 is 0 Å². The van der Waals surface area contributed by atoms with Crippen LogP contribution in [0, 0.1) is 0 Å². The second-order valence-electron chi connectivity index (χ2n) is 6.25. The molecule has 2 heterocycles. The molecule has 0 N–H and O–H groups in total. The predicted molar refractivity (Wildman–Crippen MR) is 87.5 cm³/mol. The molecule has 1 aliphatic heterocycles. The molecule has 124 valence electrons. The van der Waals surface area contributed by atoms with E-state index in [1.807, 2.05) is 28.9 Å². The van der Waals surface area contributed by atoms with Crippen LogP contribution in [0.5, 0.6) is 0 Å². The van der Waals surface area contributed by atoms with E-state index in [0.717, 1.165) is 38.2 Å². The summed E-state index contributed by atoms with van der Waals surface area (Å²) >= 11 is 0. The van der Waals surface area contributed by atoms with Gasteiger partial charge < -0.3 is 9.80 Å². The lowest BCUT2D eigenvalue weighted by Crippen LogP contribution is -2.40.